The van der Waals surface area contributed by atoms with Crippen LogP contribution >= 0.6 is 0 Å². The van der Waals surface area contributed by atoms with Crippen molar-refractivity contribution in [3.05, 3.63) is 65.7 Å². The summed E-state index contributed by atoms with van der Waals surface area (Å²) in [7, 11) is 0. The molecule has 6 heteroatoms. The zero-order valence-corrected chi connectivity index (χ0v) is 17.4. The smallest absolute Gasteiger partial charge is 0.338 e. The van der Waals surface area contributed by atoms with Crippen LogP contribution in [0.5, 0.6) is 0 Å². The molecule has 0 atom stereocenters. The van der Waals surface area contributed by atoms with E-state index < -0.39 is 5.97 Å². The van der Waals surface area contributed by atoms with Crippen LogP contribution in [0.4, 0.5) is 5.69 Å². The van der Waals surface area contributed by atoms with Crippen molar-refractivity contribution in [3.8, 4) is 0 Å². The molecule has 0 bridgehead atoms. The van der Waals surface area contributed by atoms with Gasteiger partial charge in [0.05, 0.1) is 12.2 Å². The fourth-order valence-corrected chi connectivity index (χ4v) is 2.94. The Morgan fingerprint density at radius 1 is 0.966 bits per heavy atom. The van der Waals surface area contributed by atoms with E-state index in [1.807, 2.05) is 44.2 Å². The van der Waals surface area contributed by atoms with Gasteiger partial charge in [-0.05, 0) is 50.6 Å². The number of esters is 1. The molecule has 0 unspecified atom stereocenters. The van der Waals surface area contributed by atoms with E-state index in [2.05, 4.69) is 0 Å². The van der Waals surface area contributed by atoms with Crippen molar-refractivity contribution in [3.63, 3.8) is 0 Å². The predicted octanol–water partition coefficient (Wildman–Crippen LogP) is 3.65. The normalized spacial score (nSPS) is 10.5. The molecule has 2 rings (SSSR count). The molecule has 0 heterocycles. The molecule has 0 saturated carbocycles. The predicted molar refractivity (Wildman–Crippen MR) is 113 cm³/mol. The molecular formula is C23H28N2O4. The van der Waals surface area contributed by atoms with Gasteiger partial charge in [-0.3, -0.25) is 9.59 Å². The number of benzene rings is 2. The molecule has 29 heavy (non-hydrogen) atoms. The van der Waals surface area contributed by atoms with Crippen LogP contribution in [-0.2, 0) is 20.9 Å². The second-order valence-corrected chi connectivity index (χ2v) is 6.97. The molecule has 0 N–H and O–H groups in total. The summed E-state index contributed by atoms with van der Waals surface area (Å²) >= 11 is 0. The topological polar surface area (TPSA) is 66.9 Å². The van der Waals surface area contributed by atoms with E-state index in [1.165, 1.54) is 11.8 Å². The summed E-state index contributed by atoms with van der Waals surface area (Å²) in [5, 5.41) is 0. The van der Waals surface area contributed by atoms with Crippen LogP contribution in [0.2, 0.25) is 0 Å². The van der Waals surface area contributed by atoms with Gasteiger partial charge in [0, 0.05) is 25.2 Å². The number of carbonyl (C=O) groups is 3. The minimum Gasteiger partial charge on any atom is -0.462 e. The highest BCUT2D eigenvalue weighted by Gasteiger charge is 2.23. The van der Waals surface area contributed by atoms with E-state index in [-0.39, 0.29) is 24.4 Å². The molecule has 0 aliphatic heterocycles. The van der Waals surface area contributed by atoms with Crippen LogP contribution < -0.4 is 4.90 Å². The Bertz CT molecular complexity index is 832. The van der Waals surface area contributed by atoms with Gasteiger partial charge in [-0.15, -0.1) is 0 Å². The number of hydrogen-bond donors (Lipinski definition) is 0. The Labute approximate surface area is 172 Å². The molecule has 0 saturated heterocycles. The summed E-state index contributed by atoms with van der Waals surface area (Å²) in [5.41, 5.74) is 1.99. The zero-order chi connectivity index (χ0) is 21.4. The standard InChI is InChI=1S/C23H28N2O4/c1-5-29-23(28)20-11-13-21(14-12-20)25(18(4)26)16-22(27)24(17(2)3)15-19-9-7-6-8-10-19/h6-14,17H,5,15-16H2,1-4H3. The summed E-state index contributed by atoms with van der Waals surface area (Å²) in [6.07, 6.45) is 0. The number of hydrogen-bond acceptors (Lipinski definition) is 4. The molecule has 6 nitrogen and oxygen atoms in total. The lowest BCUT2D eigenvalue weighted by Crippen LogP contribution is -2.44. The van der Waals surface area contributed by atoms with Crippen LogP contribution in [0.25, 0.3) is 0 Å². The van der Waals surface area contributed by atoms with E-state index in [0.717, 1.165) is 5.56 Å². The van der Waals surface area contributed by atoms with Crippen molar-refractivity contribution in [1.29, 1.82) is 0 Å². The quantitative estimate of drug-likeness (QED) is 0.639. The van der Waals surface area contributed by atoms with E-state index in [0.29, 0.717) is 24.4 Å². The largest absolute Gasteiger partial charge is 0.462 e. The zero-order valence-electron chi connectivity index (χ0n) is 17.4. The average molecular weight is 396 g/mol. The van der Waals surface area contributed by atoms with Gasteiger partial charge in [0.1, 0.15) is 6.54 Å². The monoisotopic (exact) mass is 396 g/mol. The van der Waals surface area contributed by atoms with E-state index >= 15 is 0 Å². The number of ether oxygens (including phenoxy) is 1. The summed E-state index contributed by atoms with van der Waals surface area (Å²) in [4.78, 5) is 40.2. The van der Waals surface area contributed by atoms with Gasteiger partial charge in [0.2, 0.25) is 11.8 Å². The number of nitrogens with zero attached hydrogens (tertiary/aromatic N) is 2. The molecule has 154 valence electrons. The van der Waals surface area contributed by atoms with Crippen molar-refractivity contribution in [2.24, 2.45) is 0 Å². The van der Waals surface area contributed by atoms with E-state index in [4.69, 9.17) is 4.74 Å². The van der Waals surface area contributed by atoms with Gasteiger partial charge in [-0.25, -0.2) is 4.79 Å². The maximum atomic E-state index is 13.0. The minimum absolute atomic E-state index is 0.0114. The fourth-order valence-electron chi connectivity index (χ4n) is 2.94. The maximum absolute atomic E-state index is 13.0. The Morgan fingerprint density at radius 2 is 1.59 bits per heavy atom. The Balaban J connectivity index is 2.16. The lowest BCUT2D eigenvalue weighted by Gasteiger charge is -2.30. The number of anilines is 1. The van der Waals surface area contributed by atoms with Crippen LogP contribution in [0.1, 0.15) is 43.6 Å². The molecule has 0 aliphatic carbocycles. The van der Waals surface area contributed by atoms with Crippen molar-refractivity contribution >= 4 is 23.5 Å². The van der Waals surface area contributed by atoms with Crippen molar-refractivity contribution < 1.29 is 19.1 Å². The number of rotatable bonds is 8. The second kappa shape index (κ2) is 10.4. The maximum Gasteiger partial charge on any atom is 0.338 e. The Kier molecular flexibility index (Phi) is 7.95. The average Bonchev–Trinajstić information content (AvgIpc) is 2.70. The molecule has 0 spiro atoms. The Morgan fingerprint density at radius 3 is 2.10 bits per heavy atom. The molecular weight excluding hydrogens is 368 g/mol. The summed E-state index contributed by atoms with van der Waals surface area (Å²) in [6, 6.07) is 16.2. The van der Waals surface area contributed by atoms with Crippen LogP contribution in [0.3, 0.4) is 0 Å². The first-order chi connectivity index (χ1) is 13.8. The van der Waals surface area contributed by atoms with Gasteiger partial charge < -0.3 is 14.5 Å². The SMILES string of the molecule is CCOC(=O)c1ccc(N(CC(=O)N(Cc2ccccc2)C(C)C)C(C)=O)cc1. The van der Waals surface area contributed by atoms with Gasteiger partial charge in [-0.1, -0.05) is 30.3 Å². The molecule has 0 aromatic heterocycles. The van der Waals surface area contributed by atoms with E-state index in [1.54, 1.807) is 36.1 Å². The summed E-state index contributed by atoms with van der Waals surface area (Å²) in [5.74, 6) is -0.808. The first kappa shape index (κ1) is 22.1. The van der Waals surface area contributed by atoms with Crippen LogP contribution in [0.15, 0.2) is 54.6 Å². The van der Waals surface area contributed by atoms with Gasteiger partial charge >= 0.3 is 5.97 Å². The molecule has 0 aliphatic rings. The highest BCUT2D eigenvalue weighted by atomic mass is 16.5. The van der Waals surface area contributed by atoms with E-state index in [9.17, 15) is 14.4 Å². The highest BCUT2D eigenvalue weighted by Crippen LogP contribution is 2.18. The first-order valence-electron chi connectivity index (χ1n) is 9.72. The highest BCUT2D eigenvalue weighted by molar-refractivity contribution is 5.98. The minimum atomic E-state index is -0.418. The Hall–Kier alpha value is -3.15. The third kappa shape index (κ3) is 6.17. The third-order valence-electron chi connectivity index (χ3n) is 4.50. The second-order valence-electron chi connectivity index (χ2n) is 6.97. The van der Waals surface area contributed by atoms with Gasteiger partial charge in [0.15, 0.2) is 0 Å². The van der Waals surface area contributed by atoms with Gasteiger partial charge in [-0.2, -0.15) is 0 Å². The van der Waals surface area contributed by atoms with Crippen LogP contribution in [-0.4, -0.2) is 41.9 Å². The molecule has 2 aromatic carbocycles. The molecule has 0 fully saturated rings. The summed E-state index contributed by atoms with van der Waals surface area (Å²) in [6.45, 7) is 7.76. The lowest BCUT2D eigenvalue weighted by molar-refractivity contribution is -0.133. The number of carbonyl (C=O) groups excluding carboxylic acids is 3. The summed E-state index contributed by atoms with van der Waals surface area (Å²) < 4.78 is 4.97. The molecule has 2 amide bonds. The first-order valence-corrected chi connectivity index (χ1v) is 9.72. The van der Waals surface area contributed by atoms with Crippen LogP contribution in [0, 0.1) is 0 Å². The molecule has 2 aromatic rings. The molecule has 0 radical (unpaired) electrons. The van der Waals surface area contributed by atoms with Gasteiger partial charge in [0.25, 0.3) is 0 Å². The van der Waals surface area contributed by atoms with Crippen molar-refractivity contribution in [1.82, 2.24) is 4.90 Å². The fraction of sp³-hybridized carbons (Fsp3) is 0.348. The van der Waals surface area contributed by atoms with Crippen molar-refractivity contribution in [2.45, 2.75) is 40.3 Å². The van der Waals surface area contributed by atoms with Crippen molar-refractivity contribution in [2.75, 3.05) is 18.1 Å². The lowest BCUT2D eigenvalue weighted by atomic mass is 10.1. The number of amides is 2. The third-order valence-corrected chi connectivity index (χ3v) is 4.50.